The molecule has 1 N–H and O–H groups in total. The number of fused-ring (bicyclic) bond motifs is 1. The van der Waals surface area contributed by atoms with Gasteiger partial charge in [-0.2, -0.15) is 0 Å². The van der Waals surface area contributed by atoms with Gasteiger partial charge in [0.25, 0.3) is 5.91 Å². The number of carbonyl (C=O) groups excluding carboxylic acids is 1. The van der Waals surface area contributed by atoms with Gasteiger partial charge in [-0.25, -0.2) is 0 Å². The van der Waals surface area contributed by atoms with Crippen molar-refractivity contribution in [3.05, 3.63) is 101 Å². The van der Waals surface area contributed by atoms with E-state index in [0.29, 0.717) is 12.1 Å². The molecule has 0 fully saturated rings. The molecule has 0 spiro atoms. The van der Waals surface area contributed by atoms with E-state index < -0.39 is 0 Å². The number of nitrogens with zero attached hydrogens (tertiary/aromatic N) is 1. The van der Waals surface area contributed by atoms with Crippen LogP contribution in [0.15, 0.2) is 94.4 Å². The highest BCUT2D eigenvalue weighted by Gasteiger charge is 2.10. The van der Waals surface area contributed by atoms with Gasteiger partial charge in [0, 0.05) is 50.9 Å². The van der Waals surface area contributed by atoms with Crippen LogP contribution in [0.3, 0.4) is 0 Å². The zero-order chi connectivity index (χ0) is 20.1. The molecule has 1 amide bonds. The van der Waals surface area contributed by atoms with Crippen molar-refractivity contribution in [2.24, 2.45) is 0 Å². The number of amides is 1. The molecule has 0 unspecified atom stereocenters. The van der Waals surface area contributed by atoms with Gasteiger partial charge in [0.15, 0.2) is 0 Å². The Morgan fingerprint density at radius 1 is 0.931 bits per heavy atom. The molecule has 29 heavy (non-hydrogen) atoms. The van der Waals surface area contributed by atoms with Gasteiger partial charge in [-0.15, -0.1) is 11.8 Å². The van der Waals surface area contributed by atoms with E-state index in [1.165, 1.54) is 21.4 Å². The lowest BCUT2D eigenvalue weighted by atomic mass is 10.2. The molecule has 0 aliphatic heterocycles. The molecule has 0 aliphatic rings. The average molecular weight is 465 g/mol. The molecule has 0 saturated heterocycles. The summed E-state index contributed by atoms with van der Waals surface area (Å²) >= 11 is 5.33. The second-order valence-electron chi connectivity index (χ2n) is 6.74. The summed E-state index contributed by atoms with van der Waals surface area (Å²) in [5.41, 5.74) is 3.18. The molecule has 3 aromatic carbocycles. The molecule has 0 saturated carbocycles. The molecule has 146 valence electrons. The van der Waals surface area contributed by atoms with Crippen molar-refractivity contribution >= 4 is 44.5 Å². The van der Waals surface area contributed by atoms with Crippen LogP contribution in [0.4, 0.5) is 0 Å². The first kappa shape index (κ1) is 19.8. The Morgan fingerprint density at radius 3 is 2.45 bits per heavy atom. The minimum absolute atomic E-state index is 0.0353. The second kappa shape index (κ2) is 9.33. The Kier molecular flexibility index (Phi) is 6.37. The molecule has 5 heteroatoms. The number of rotatable bonds is 7. The van der Waals surface area contributed by atoms with Crippen LogP contribution in [0, 0.1) is 0 Å². The maximum atomic E-state index is 12.3. The highest BCUT2D eigenvalue weighted by Crippen LogP contribution is 2.32. The Morgan fingerprint density at radius 2 is 1.66 bits per heavy atom. The number of aromatic nitrogens is 1. The van der Waals surface area contributed by atoms with Crippen LogP contribution in [-0.4, -0.2) is 17.0 Å². The Bertz CT molecular complexity index is 1110. The van der Waals surface area contributed by atoms with E-state index in [0.717, 1.165) is 16.8 Å². The molecule has 0 aliphatic carbocycles. The quantitative estimate of drug-likeness (QED) is 0.334. The number of hydrogen-bond donors (Lipinski definition) is 1. The smallest absolute Gasteiger partial charge is 0.251 e. The number of hydrogen-bond acceptors (Lipinski definition) is 2. The molecule has 0 atom stereocenters. The largest absolute Gasteiger partial charge is 0.350 e. The van der Waals surface area contributed by atoms with Gasteiger partial charge in [0.2, 0.25) is 0 Å². The average Bonchev–Trinajstić information content (AvgIpc) is 3.12. The van der Waals surface area contributed by atoms with E-state index in [1.54, 1.807) is 0 Å². The molecule has 3 nitrogen and oxygen atoms in total. The molecule has 4 rings (SSSR count). The molecular weight excluding hydrogens is 444 g/mol. The fraction of sp³-hybridized carbons (Fsp3) is 0.125. The van der Waals surface area contributed by atoms with Gasteiger partial charge < -0.3 is 9.88 Å². The van der Waals surface area contributed by atoms with E-state index >= 15 is 0 Å². The fourth-order valence-electron chi connectivity index (χ4n) is 3.24. The minimum Gasteiger partial charge on any atom is -0.350 e. The molecule has 1 aromatic heterocycles. The molecule has 4 aromatic rings. The Labute approximate surface area is 183 Å². The number of thioether (sulfide) groups is 1. The van der Waals surface area contributed by atoms with E-state index in [1.807, 2.05) is 42.1 Å². The van der Waals surface area contributed by atoms with Crippen LogP contribution in [0.25, 0.3) is 10.9 Å². The van der Waals surface area contributed by atoms with Gasteiger partial charge in [-0.3, -0.25) is 4.79 Å². The number of carbonyl (C=O) groups is 1. The third kappa shape index (κ3) is 4.92. The van der Waals surface area contributed by atoms with Crippen molar-refractivity contribution in [1.82, 2.24) is 9.88 Å². The lowest BCUT2D eigenvalue weighted by molar-refractivity contribution is 0.0952. The molecule has 0 bridgehead atoms. The highest BCUT2D eigenvalue weighted by atomic mass is 79.9. The predicted octanol–water partition coefficient (Wildman–Crippen LogP) is 6.13. The number of halogens is 1. The van der Waals surface area contributed by atoms with Crippen LogP contribution < -0.4 is 5.32 Å². The highest BCUT2D eigenvalue weighted by molar-refractivity contribution is 9.10. The van der Waals surface area contributed by atoms with Gasteiger partial charge in [-0.1, -0.05) is 64.5 Å². The molecule has 0 radical (unpaired) electrons. The standard InChI is InChI=1S/C24H21BrN2OS/c25-20-12-10-18(11-13-20)17-29-23-16-27(22-9-5-4-8-21(22)23)15-14-26-24(28)19-6-2-1-3-7-19/h1-13,16H,14-15,17H2,(H,26,28). The number of benzene rings is 3. The van der Waals surface area contributed by atoms with Gasteiger partial charge in [0.05, 0.1) is 0 Å². The van der Waals surface area contributed by atoms with Crippen LogP contribution in [0.1, 0.15) is 15.9 Å². The Hall–Kier alpha value is -2.50. The topological polar surface area (TPSA) is 34.0 Å². The van der Waals surface area contributed by atoms with Crippen LogP contribution in [-0.2, 0) is 12.3 Å². The first-order valence-electron chi connectivity index (χ1n) is 9.49. The van der Waals surface area contributed by atoms with Gasteiger partial charge in [0.1, 0.15) is 0 Å². The van der Waals surface area contributed by atoms with Crippen molar-refractivity contribution in [2.45, 2.75) is 17.2 Å². The number of para-hydroxylation sites is 1. The normalized spacial score (nSPS) is 10.9. The van der Waals surface area contributed by atoms with E-state index in [4.69, 9.17) is 0 Å². The van der Waals surface area contributed by atoms with Gasteiger partial charge >= 0.3 is 0 Å². The molecular formula is C24H21BrN2OS. The zero-order valence-electron chi connectivity index (χ0n) is 15.8. The lowest BCUT2D eigenvalue weighted by Gasteiger charge is -2.07. The van der Waals surface area contributed by atoms with Crippen LogP contribution in [0.2, 0.25) is 0 Å². The summed E-state index contributed by atoms with van der Waals surface area (Å²) in [6.07, 6.45) is 2.20. The first-order valence-corrected chi connectivity index (χ1v) is 11.3. The summed E-state index contributed by atoms with van der Waals surface area (Å²) in [4.78, 5) is 13.5. The van der Waals surface area contributed by atoms with E-state index in [2.05, 4.69) is 80.5 Å². The molecule has 1 heterocycles. The summed E-state index contributed by atoms with van der Waals surface area (Å²) in [7, 11) is 0. The maximum Gasteiger partial charge on any atom is 0.251 e. The summed E-state index contributed by atoms with van der Waals surface area (Å²) in [5, 5.41) is 4.27. The number of nitrogens with one attached hydrogen (secondary N) is 1. The van der Waals surface area contributed by atoms with Crippen LogP contribution in [0.5, 0.6) is 0 Å². The fourth-order valence-corrected chi connectivity index (χ4v) is 4.55. The van der Waals surface area contributed by atoms with Gasteiger partial charge in [-0.05, 0) is 35.9 Å². The van der Waals surface area contributed by atoms with E-state index in [-0.39, 0.29) is 5.91 Å². The SMILES string of the molecule is O=C(NCCn1cc(SCc2ccc(Br)cc2)c2ccccc21)c1ccccc1. The second-order valence-corrected chi connectivity index (χ2v) is 8.67. The Balaban J connectivity index is 1.44. The van der Waals surface area contributed by atoms with Crippen LogP contribution >= 0.6 is 27.7 Å². The summed E-state index contributed by atoms with van der Waals surface area (Å²) < 4.78 is 3.32. The lowest BCUT2D eigenvalue weighted by Crippen LogP contribution is -2.26. The summed E-state index contributed by atoms with van der Waals surface area (Å²) in [5.74, 6) is 0.887. The monoisotopic (exact) mass is 464 g/mol. The minimum atomic E-state index is -0.0353. The summed E-state index contributed by atoms with van der Waals surface area (Å²) in [6.45, 7) is 1.32. The van der Waals surface area contributed by atoms with Crippen molar-refractivity contribution in [1.29, 1.82) is 0 Å². The first-order chi connectivity index (χ1) is 14.2. The summed E-state index contributed by atoms with van der Waals surface area (Å²) in [6, 6.07) is 26.2. The third-order valence-corrected chi connectivity index (χ3v) is 6.38. The maximum absolute atomic E-state index is 12.3. The predicted molar refractivity (Wildman–Crippen MR) is 124 cm³/mol. The van der Waals surface area contributed by atoms with Crippen molar-refractivity contribution in [3.8, 4) is 0 Å². The van der Waals surface area contributed by atoms with Crippen molar-refractivity contribution < 1.29 is 4.79 Å². The third-order valence-electron chi connectivity index (χ3n) is 4.73. The zero-order valence-corrected chi connectivity index (χ0v) is 18.2. The van der Waals surface area contributed by atoms with Crippen molar-refractivity contribution in [2.75, 3.05) is 6.54 Å². The van der Waals surface area contributed by atoms with Crippen molar-refractivity contribution in [3.63, 3.8) is 0 Å². The van der Waals surface area contributed by atoms with E-state index in [9.17, 15) is 4.79 Å².